The Morgan fingerprint density at radius 2 is 2.00 bits per heavy atom. The molecule has 3 nitrogen and oxygen atoms in total. The van der Waals surface area contributed by atoms with Crippen LogP contribution in [-0.4, -0.2) is 27.9 Å². The van der Waals surface area contributed by atoms with Gasteiger partial charge in [-0.2, -0.15) is 0 Å². The van der Waals surface area contributed by atoms with Gasteiger partial charge in [-0.1, -0.05) is 28.8 Å². The van der Waals surface area contributed by atoms with Crippen molar-refractivity contribution in [1.29, 1.82) is 0 Å². The van der Waals surface area contributed by atoms with Crippen LogP contribution in [0.3, 0.4) is 0 Å². The molecule has 1 aliphatic heterocycles. The standard InChI is InChI=1S/C11H15Br2N3/c12-6-10-4-2-1-3-5-16(10)11-14-7-9(13)8-15-11/h7-8,10H,1-6H2. The van der Waals surface area contributed by atoms with Crippen molar-refractivity contribution >= 4 is 37.8 Å². The second-order valence-corrected chi connectivity index (χ2v) is 5.62. The van der Waals surface area contributed by atoms with E-state index < -0.39 is 0 Å². The summed E-state index contributed by atoms with van der Waals surface area (Å²) in [5.41, 5.74) is 0. The molecule has 1 fully saturated rings. The molecule has 0 N–H and O–H groups in total. The SMILES string of the molecule is BrCC1CCCCCN1c1ncc(Br)cn1. The zero-order valence-electron chi connectivity index (χ0n) is 9.07. The van der Waals surface area contributed by atoms with Crippen molar-refractivity contribution in [2.45, 2.75) is 31.7 Å². The average Bonchev–Trinajstić information content (AvgIpc) is 2.55. The summed E-state index contributed by atoms with van der Waals surface area (Å²) in [5.74, 6) is 0.856. The molecule has 88 valence electrons. The van der Waals surface area contributed by atoms with Crippen LogP contribution in [0.4, 0.5) is 5.95 Å². The number of rotatable bonds is 2. The van der Waals surface area contributed by atoms with Gasteiger partial charge < -0.3 is 4.90 Å². The molecule has 0 bridgehead atoms. The highest BCUT2D eigenvalue weighted by molar-refractivity contribution is 9.10. The summed E-state index contributed by atoms with van der Waals surface area (Å²) in [4.78, 5) is 11.1. The number of aromatic nitrogens is 2. The smallest absolute Gasteiger partial charge is 0.225 e. The van der Waals surface area contributed by atoms with Crippen LogP contribution in [-0.2, 0) is 0 Å². The van der Waals surface area contributed by atoms with Gasteiger partial charge in [0.1, 0.15) is 0 Å². The van der Waals surface area contributed by atoms with Gasteiger partial charge in [-0.05, 0) is 28.8 Å². The molecule has 0 spiro atoms. The first-order chi connectivity index (χ1) is 7.81. The minimum atomic E-state index is 0.531. The van der Waals surface area contributed by atoms with Crippen molar-refractivity contribution in [3.05, 3.63) is 16.9 Å². The van der Waals surface area contributed by atoms with E-state index >= 15 is 0 Å². The summed E-state index contributed by atoms with van der Waals surface area (Å²) in [6, 6.07) is 0.531. The van der Waals surface area contributed by atoms with Crippen molar-refractivity contribution < 1.29 is 0 Å². The van der Waals surface area contributed by atoms with Crippen LogP contribution in [0, 0.1) is 0 Å². The molecule has 0 radical (unpaired) electrons. The van der Waals surface area contributed by atoms with Crippen LogP contribution in [0.25, 0.3) is 0 Å². The lowest BCUT2D eigenvalue weighted by Gasteiger charge is -2.28. The van der Waals surface area contributed by atoms with Gasteiger partial charge in [-0.25, -0.2) is 9.97 Å². The van der Waals surface area contributed by atoms with Crippen molar-refractivity contribution in [1.82, 2.24) is 9.97 Å². The van der Waals surface area contributed by atoms with Gasteiger partial charge in [-0.3, -0.25) is 0 Å². The predicted molar refractivity (Wildman–Crippen MR) is 73.1 cm³/mol. The van der Waals surface area contributed by atoms with Gasteiger partial charge in [0, 0.05) is 30.3 Å². The fourth-order valence-corrected chi connectivity index (χ4v) is 2.93. The number of hydrogen-bond acceptors (Lipinski definition) is 3. The molecule has 0 aromatic carbocycles. The first-order valence-electron chi connectivity index (χ1n) is 5.61. The molecule has 0 aliphatic carbocycles. The number of nitrogens with zero attached hydrogens (tertiary/aromatic N) is 3. The van der Waals surface area contributed by atoms with E-state index in [2.05, 4.69) is 46.7 Å². The largest absolute Gasteiger partial charge is 0.337 e. The summed E-state index contributed by atoms with van der Waals surface area (Å²) in [5, 5.41) is 0.992. The third-order valence-corrected chi connectivity index (χ3v) is 4.08. The van der Waals surface area contributed by atoms with Gasteiger partial charge in [0.25, 0.3) is 0 Å². The monoisotopic (exact) mass is 347 g/mol. The van der Waals surface area contributed by atoms with Crippen molar-refractivity contribution in [2.75, 3.05) is 16.8 Å². The molecular weight excluding hydrogens is 334 g/mol. The molecule has 16 heavy (non-hydrogen) atoms. The maximum Gasteiger partial charge on any atom is 0.225 e. The van der Waals surface area contributed by atoms with Crippen molar-refractivity contribution in [3.63, 3.8) is 0 Å². The lowest BCUT2D eigenvalue weighted by atomic mass is 10.1. The molecule has 1 aliphatic rings. The maximum absolute atomic E-state index is 4.39. The molecular formula is C11H15Br2N3. The normalized spacial score (nSPS) is 21.9. The highest BCUT2D eigenvalue weighted by atomic mass is 79.9. The van der Waals surface area contributed by atoms with Gasteiger partial charge in [0.05, 0.1) is 4.47 Å². The van der Waals surface area contributed by atoms with E-state index in [1.165, 1.54) is 25.7 Å². The van der Waals surface area contributed by atoms with Crippen LogP contribution >= 0.6 is 31.9 Å². The molecule has 1 unspecified atom stereocenters. The molecule has 0 saturated carbocycles. The first-order valence-corrected chi connectivity index (χ1v) is 7.53. The highest BCUT2D eigenvalue weighted by Crippen LogP contribution is 2.22. The molecule has 2 heterocycles. The van der Waals surface area contributed by atoms with Gasteiger partial charge in [-0.15, -0.1) is 0 Å². The van der Waals surface area contributed by atoms with Crippen LogP contribution in [0.1, 0.15) is 25.7 Å². The Bertz CT molecular complexity index is 329. The average molecular weight is 349 g/mol. The van der Waals surface area contributed by atoms with Crippen LogP contribution < -0.4 is 4.90 Å². The topological polar surface area (TPSA) is 29.0 Å². The fourth-order valence-electron chi connectivity index (χ4n) is 2.05. The van der Waals surface area contributed by atoms with Crippen LogP contribution in [0.5, 0.6) is 0 Å². The van der Waals surface area contributed by atoms with Crippen LogP contribution in [0.15, 0.2) is 16.9 Å². The summed E-state index contributed by atoms with van der Waals surface area (Å²) >= 11 is 6.96. The predicted octanol–water partition coefficient (Wildman–Crippen LogP) is 3.38. The Balaban J connectivity index is 2.18. The molecule has 1 saturated heterocycles. The molecule has 5 heteroatoms. The fraction of sp³-hybridized carbons (Fsp3) is 0.636. The van der Waals surface area contributed by atoms with Crippen molar-refractivity contribution in [2.24, 2.45) is 0 Å². The minimum absolute atomic E-state index is 0.531. The summed E-state index contributed by atoms with van der Waals surface area (Å²) in [6.07, 6.45) is 8.73. The third kappa shape index (κ3) is 2.94. The van der Waals surface area contributed by atoms with E-state index in [1.54, 1.807) is 0 Å². The molecule has 0 amide bonds. The minimum Gasteiger partial charge on any atom is -0.337 e. The highest BCUT2D eigenvalue weighted by Gasteiger charge is 2.21. The van der Waals surface area contributed by atoms with E-state index in [0.29, 0.717) is 6.04 Å². The molecule has 2 rings (SSSR count). The van der Waals surface area contributed by atoms with Gasteiger partial charge >= 0.3 is 0 Å². The second-order valence-electron chi connectivity index (χ2n) is 4.05. The molecule has 1 aromatic heterocycles. The van der Waals surface area contributed by atoms with E-state index in [0.717, 1.165) is 22.3 Å². The summed E-state index contributed by atoms with van der Waals surface area (Å²) < 4.78 is 0.932. The van der Waals surface area contributed by atoms with E-state index in [1.807, 2.05) is 12.4 Å². The Hall–Kier alpha value is -0.160. The number of hydrogen-bond donors (Lipinski definition) is 0. The number of halogens is 2. The van der Waals surface area contributed by atoms with Gasteiger partial charge in [0.15, 0.2) is 0 Å². The quantitative estimate of drug-likeness (QED) is 0.767. The second kappa shape index (κ2) is 5.96. The molecule has 1 atom stereocenters. The summed E-state index contributed by atoms with van der Waals surface area (Å²) in [6.45, 7) is 1.07. The van der Waals surface area contributed by atoms with Gasteiger partial charge in [0.2, 0.25) is 5.95 Å². The molecule has 1 aromatic rings. The van der Waals surface area contributed by atoms with Crippen LogP contribution in [0.2, 0.25) is 0 Å². The third-order valence-electron chi connectivity index (χ3n) is 2.92. The van der Waals surface area contributed by atoms with E-state index in [-0.39, 0.29) is 0 Å². The summed E-state index contributed by atoms with van der Waals surface area (Å²) in [7, 11) is 0. The lowest BCUT2D eigenvalue weighted by molar-refractivity contribution is 0.615. The Kier molecular flexibility index (Phi) is 4.58. The maximum atomic E-state index is 4.39. The zero-order chi connectivity index (χ0) is 11.4. The number of anilines is 1. The first kappa shape index (κ1) is 12.3. The Labute approximate surface area is 113 Å². The lowest BCUT2D eigenvalue weighted by Crippen LogP contribution is -2.37. The van der Waals surface area contributed by atoms with E-state index in [4.69, 9.17) is 0 Å². The Morgan fingerprint density at radius 3 is 2.69 bits per heavy atom. The Morgan fingerprint density at radius 1 is 1.25 bits per heavy atom. The van der Waals surface area contributed by atoms with E-state index in [9.17, 15) is 0 Å². The van der Waals surface area contributed by atoms with Crippen molar-refractivity contribution in [3.8, 4) is 0 Å². The zero-order valence-corrected chi connectivity index (χ0v) is 12.2. The number of alkyl halides is 1.